The third-order valence-electron chi connectivity index (χ3n) is 4.99. The summed E-state index contributed by atoms with van der Waals surface area (Å²) in [5.74, 6) is 1.09. The van der Waals surface area contributed by atoms with Crippen LogP contribution in [0.25, 0.3) is 0 Å². The first kappa shape index (κ1) is 19.6. The maximum Gasteiger partial charge on any atom is 0.0959 e. The summed E-state index contributed by atoms with van der Waals surface area (Å²) in [7, 11) is 3.57. The monoisotopic (exact) mass is 376 g/mol. The summed E-state index contributed by atoms with van der Waals surface area (Å²) in [5.41, 5.74) is 1.48. The van der Waals surface area contributed by atoms with Crippen molar-refractivity contribution in [1.82, 2.24) is 4.90 Å². The highest BCUT2D eigenvalue weighted by molar-refractivity contribution is 7.77. The maximum absolute atomic E-state index is 5.05. The van der Waals surface area contributed by atoms with Crippen LogP contribution in [0.4, 0.5) is 0 Å². The average Bonchev–Trinajstić information content (AvgIpc) is 3.17. The van der Waals surface area contributed by atoms with Gasteiger partial charge in [-0.05, 0) is 49.2 Å². The van der Waals surface area contributed by atoms with Gasteiger partial charge in [0, 0.05) is 14.1 Å². The van der Waals surface area contributed by atoms with Gasteiger partial charge in [0.05, 0.1) is 11.9 Å². The van der Waals surface area contributed by atoms with Gasteiger partial charge in [-0.3, -0.25) is 4.99 Å². The van der Waals surface area contributed by atoms with E-state index in [-0.39, 0.29) is 6.04 Å². The smallest absolute Gasteiger partial charge is 0.0959 e. The molecule has 0 N–H and O–H groups in total. The Balaban J connectivity index is 2.10. The lowest BCUT2D eigenvalue weighted by Crippen LogP contribution is -2.22. The molecule has 2 nitrogen and oxygen atoms in total. The largest absolute Gasteiger partial charge is 0.367 e. The summed E-state index contributed by atoms with van der Waals surface area (Å²) in [5, 5.41) is 4.28. The Kier molecular flexibility index (Phi) is 6.63. The molecule has 27 heavy (non-hydrogen) atoms. The Morgan fingerprint density at radius 3 is 2.04 bits per heavy atom. The number of allylic oxidation sites excluding steroid dienone is 3. The Hall–Kier alpha value is -2.18. The van der Waals surface area contributed by atoms with Gasteiger partial charge in [-0.25, -0.2) is 0 Å². The second-order valence-corrected chi connectivity index (χ2v) is 9.20. The number of aliphatic imine (C=N–C) groups is 1. The first-order valence-electron chi connectivity index (χ1n) is 9.63. The van der Waals surface area contributed by atoms with Gasteiger partial charge in [0.2, 0.25) is 0 Å². The maximum atomic E-state index is 5.05. The molecule has 0 spiro atoms. The van der Waals surface area contributed by atoms with Crippen LogP contribution in [0, 0.1) is 0 Å². The molecule has 0 radical (unpaired) electrons. The molecule has 3 heteroatoms. The Morgan fingerprint density at radius 2 is 1.56 bits per heavy atom. The molecule has 1 aliphatic carbocycles. The molecule has 1 aliphatic rings. The van der Waals surface area contributed by atoms with Gasteiger partial charge in [-0.2, -0.15) is 0 Å². The first-order valence-corrected chi connectivity index (χ1v) is 11.0. The van der Waals surface area contributed by atoms with Crippen molar-refractivity contribution >= 4 is 24.4 Å². The summed E-state index contributed by atoms with van der Waals surface area (Å²) >= 11 is 0. The van der Waals surface area contributed by atoms with Gasteiger partial charge in [0.15, 0.2) is 0 Å². The number of benzene rings is 2. The minimum atomic E-state index is -0.560. The number of hydrogen-bond acceptors (Lipinski definition) is 1. The molecule has 0 saturated heterocycles. The standard InChI is InChI=1S/C24H29N2P/c1-5-23(25-19(2)26(3)4)22-17-12-18-24(22)27(20-13-8-6-9-14-20)21-15-10-7-11-16-21/h6-16,18,23H,5,17H2,1-4H3/t23-/m1/s1. The van der Waals surface area contributed by atoms with Crippen LogP contribution >= 0.6 is 7.92 Å². The van der Waals surface area contributed by atoms with Crippen molar-refractivity contribution in [3.05, 3.63) is 83.7 Å². The summed E-state index contributed by atoms with van der Waals surface area (Å²) in [6.07, 6.45) is 6.70. The molecular formula is C24H29N2P. The highest BCUT2D eigenvalue weighted by Crippen LogP contribution is 2.49. The van der Waals surface area contributed by atoms with Crippen molar-refractivity contribution in [2.45, 2.75) is 32.7 Å². The van der Waals surface area contributed by atoms with E-state index in [1.807, 2.05) is 0 Å². The fourth-order valence-corrected chi connectivity index (χ4v) is 5.95. The van der Waals surface area contributed by atoms with Crippen molar-refractivity contribution in [2.24, 2.45) is 4.99 Å². The van der Waals surface area contributed by atoms with Crippen LogP contribution in [0.2, 0.25) is 0 Å². The van der Waals surface area contributed by atoms with Crippen LogP contribution in [0.15, 0.2) is 88.7 Å². The minimum Gasteiger partial charge on any atom is -0.367 e. The highest BCUT2D eigenvalue weighted by Gasteiger charge is 2.26. The number of nitrogens with zero attached hydrogens (tertiary/aromatic N) is 2. The molecule has 0 amide bonds. The van der Waals surface area contributed by atoms with Gasteiger partial charge in [0.25, 0.3) is 0 Å². The summed E-state index contributed by atoms with van der Waals surface area (Å²) in [4.78, 5) is 7.15. The lowest BCUT2D eigenvalue weighted by Gasteiger charge is -2.24. The van der Waals surface area contributed by atoms with Gasteiger partial charge < -0.3 is 4.90 Å². The molecular weight excluding hydrogens is 347 g/mol. The molecule has 0 heterocycles. The molecule has 0 saturated carbocycles. The van der Waals surface area contributed by atoms with Crippen molar-refractivity contribution < 1.29 is 0 Å². The third kappa shape index (κ3) is 4.57. The molecule has 3 rings (SSSR count). The topological polar surface area (TPSA) is 15.6 Å². The lowest BCUT2D eigenvalue weighted by molar-refractivity contribution is 0.600. The second kappa shape index (κ2) is 9.15. The summed E-state index contributed by atoms with van der Waals surface area (Å²) < 4.78 is 0. The summed E-state index contributed by atoms with van der Waals surface area (Å²) in [6.45, 7) is 4.34. The number of amidine groups is 1. The van der Waals surface area contributed by atoms with E-state index in [1.54, 1.807) is 0 Å². The Labute approximate surface area is 165 Å². The predicted molar refractivity (Wildman–Crippen MR) is 121 cm³/mol. The van der Waals surface area contributed by atoms with Crippen LogP contribution in [0.3, 0.4) is 0 Å². The molecule has 1 atom stereocenters. The second-order valence-electron chi connectivity index (χ2n) is 7.02. The Bertz CT molecular complexity index is 796. The van der Waals surface area contributed by atoms with Crippen molar-refractivity contribution in [3.8, 4) is 0 Å². The molecule has 2 aromatic carbocycles. The average molecular weight is 376 g/mol. The third-order valence-corrected chi connectivity index (χ3v) is 7.54. The molecule has 0 fully saturated rings. The zero-order valence-electron chi connectivity index (χ0n) is 16.8. The van der Waals surface area contributed by atoms with E-state index in [9.17, 15) is 0 Å². The van der Waals surface area contributed by atoms with Gasteiger partial charge in [0.1, 0.15) is 0 Å². The van der Waals surface area contributed by atoms with E-state index in [0.29, 0.717) is 0 Å². The zero-order valence-corrected chi connectivity index (χ0v) is 17.7. The van der Waals surface area contributed by atoms with Crippen LogP contribution < -0.4 is 10.6 Å². The van der Waals surface area contributed by atoms with Crippen LogP contribution in [0.1, 0.15) is 26.7 Å². The van der Waals surface area contributed by atoms with Crippen LogP contribution in [0.5, 0.6) is 0 Å². The fourth-order valence-electron chi connectivity index (χ4n) is 3.37. The molecule has 0 aliphatic heterocycles. The number of hydrogen-bond donors (Lipinski definition) is 0. The van der Waals surface area contributed by atoms with E-state index in [4.69, 9.17) is 4.99 Å². The van der Waals surface area contributed by atoms with Crippen LogP contribution in [-0.4, -0.2) is 30.9 Å². The molecule has 140 valence electrons. The van der Waals surface area contributed by atoms with Crippen molar-refractivity contribution in [1.29, 1.82) is 0 Å². The van der Waals surface area contributed by atoms with E-state index in [0.717, 1.165) is 18.7 Å². The quantitative estimate of drug-likeness (QED) is 0.389. The fraction of sp³-hybridized carbons (Fsp3) is 0.292. The van der Waals surface area contributed by atoms with Crippen molar-refractivity contribution in [2.75, 3.05) is 14.1 Å². The molecule has 0 aromatic heterocycles. The minimum absolute atomic E-state index is 0.245. The normalized spacial score (nSPS) is 15.5. The molecule has 2 aromatic rings. The molecule has 0 unspecified atom stereocenters. The van der Waals surface area contributed by atoms with E-state index in [2.05, 4.69) is 106 Å². The van der Waals surface area contributed by atoms with Crippen LogP contribution in [-0.2, 0) is 0 Å². The van der Waals surface area contributed by atoms with Gasteiger partial charge in [-0.15, -0.1) is 0 Å². The Morgan fingerprint density at radius 1 is 1.00 bits per heavy atom. The van der Waals surface area contributed by atoms with Gasteiger partial charge in [-0.1, -0.05) is 79.7 Å². The lowest BCUT2D eigenvalue weighted by atomic mass is 10.0. The molecule has 0 bridgehead atoms. The van der Waals surface area contributed by atoms with E-state index < -0.39 is 7.92 Å². The zero-order chi connectivity index (χ0) is 19.2. The number of rotatable bonds is 6. The SMILES string of the molecule is CC[C@@H](N=C(C)N(C)C)C1=C(P(c2ccccc2)c2ccccc2)C=CC1. The van der Waals surface area contributed by atoms with Crippen molar-refractivity contribution in [3.63, 3.8) is 0 Å². The van der Waals surface area contributed by atoms with E-state index in [1.165, 1.54) is 21.5 Å². The first-order chi connectivity index (χ1) is 13.1. The van der Waals surface area contributed by atoms with Gasteiger partial charge >= 0.3 is 0 Å². The predicted octanol–water partition coefficient (Wildman–Crippen LogP) is 5.09. The summed E-state index contributed by atoms with van der Waals surface area (Å²) in [6, 6.07) is 22.1. The highest BCUT2D eigenvalue weighted by atomic mass is 31.1. The van der Waals surface area contributed by atoms with E-state index >= 15 is 0 Å².